The van der Waals surface area contributed by atoms with Crippen molar-refractivity contribution in [1.29, 1.82) is 0 Å². The molecule has 2 aromatic rings. The second-order valence-electron chi connectivity index (χ2n) is 4.51. The highest BCUT2D eigenvalue weighted by Gasteiger charge is 2.06. The van der Waals surface area contributed by atoms with Crippen molar-refractivity contribution >= 4 is 15.9 Å². The van der Waals surface area contributed by atoms with Gasteiger partial charge in [-0.1, -0.05) is 22.0 Å². The number of ether oxygens (including phenoxy) is 1. The molecule has 2 rings (SSSR count). The van der Waals surface area contributed by atoms with Crippen molar-refractivity contribution in [3.8, 4) is 5.75 Å². The monoisotopic (exact) mass is 339 g/mol. The number of rotatable bonds is 7. The Balaban J connectivity index is 1.68. The second kappa shape index (κ2) is 7.42. The zero-order chi connectivity index (χ0) is 14.4. The van der Waals surface area contributed by atoms with E-state index in [2.05, 4.69) is 26.2 Å². The molecule has 5 nitrogen and oxygen atoms in total. The summed E-state index contributed by atoms with van der Waals surface area (Å²) in [6.07, 6.45) is 3.09. The molecule has 0 saturated carbocycles. The first-order valence-electron chi connectivity index (χ1n) is 6.38. The summed E-state index contributed by atoms with van der Waals surface area (Å²) in [5, 5.41) is 13.0. The number of aliphatic hydroxyl groups excluding tert-OH is 1. The SMILES string of the molecule is Cn1ccnc1CNCC(O)COc1cccc(Br)c1. The molecule has 1 aromatic carbocycles. The van der Waals surface area contributed by atoms with Gasteiger partial charge in [0, 0.05) is 30.5 Å². The standard InChI is InChI=1S/C14H18BrN3O2/c1-18-6-5-17-14(18)9-16-8-12(19)10-20-13-4-2-3-11(15)7-13/h2-7,12,16,19H,8-10H2,1H3. The molecule has 1 atom stereocenters. The van der Waals surface area contributed by atoms with Gasteiger partial charge < -0.3 is 19.7 Å². The average molecular weight is 340 g/mol. The summed E-state index contributed by atoms with van der Waals surface area (Å²) in [7, 11) is 1.94. The summed E-state index contributed by atoms with van der Waals surface area (Å²) in [6, 6.07) is 7.55. The van der Waals surface area contributed by atoms with Crippen molar-refractivity contribution in [2.75, 3.05) is 13.2 Å². The third kappa shape index (κ3) is 4.63. The van der Waals surface area contributed by atoms with E-state index in [0.717, 1.165) is 16.0 Å². The topological polar surface area (TPSA) is 59.3 Å². The van der Waals surface area contributed by atoms with E-state index in [0.29, 0.717) is 13.1 Å². The number of hydrogen-bond donors (Lipinski definition) is 2. The Hall–Kier alpha value is -1.37. The predicted molar refractivity (Wildman–Crippen MR) is 80.6 cm³/mol. The van der Waals surface area contributed by atoms with Crippen molar-refractivity contribution in [3.05, 3.63) is 47.0 Å². The van der Waals surface area contributed by atoms with E-state index in [9.17, 15) is 5.11 Å². The third-order valence-corrected chi connectivity index (χ3v) is 3.32. The average Bonchev–Trinajstić information content (AvgIpc) is 2.82. The second-order valence-corrected chi connectivity index (χ2v) is 5.42. The lowest BCUT2D eigenvalue weighted by Gasteiger charge is -2.13. The Bertz CT molecular complexity index is 545. The van der Waals surface area contributed by atoms with E-state index in [-0.39, 0.29) is 6.61 Å². The fourth-order valence-electron chi connectivity index (χ4n) is 1.73. The van der Waals surface area contributed by atoms with Gasteiger partial charge in [0.2, 0.25) is 0 Å². The molecule has 0 aliphatic rings. The maximum atomic E-state index is 9.85. The number of aromatic nitrogens is 2. The molecule has 0 aliphatic carbocycles. The Morgan fingerprint density at radius 2 is 2.35 bits per heavy atom. The van der Waals surface area contributed by atoms with Gasteiger partial charge in [-0.2, -0.15) is 0 Å². The first kappa shape index (κ1) is 15.0. The zero-order valence-electron chi connectivity index (χ0n) is 11.3. The van der Waals surface area contributed by atoms with E-state index in [4.69, 9.17) is 4.74 Å². The van der Waals surface area contributed by atoms with Crippen LogP contribution in [-0.2, 0) is 13.6 Å². The fourth-order valence-corrected chi connectivity index (χ4v) is 2.10. The van der Waals surface area contributed by atoms with Crippen molar-refractivity contribution in [2.24, 2.45) is 7.05 Å². The summed E-state index contributed by atoms with van der Waals surface area (Å²) in [5.74, 6) is 1.67. The predicted octanol–water partition coefficient (Wildman–Crippen LogP) is 1.71. The molecular formula is C14H18BrN3O2. The number of nitrogens with zero attached hydrogens (tertiary/aromatic N) is 2. The fraction of sp³-hybridized carbons (Fsp3) is 0.357. The van der Waals surface area contributed by atoms with Crippen LogP contribution in [-0.4, -0.2) is 33.9 Å². The number of aryl methyl sites for hydroxylation is 1. The lowest BCUT2D eigenvalue weighted by Crippen LogP contribution is -2.31. The van der Waals surface area contributed by atoms with Gasteiger partial charge in [-0.3, -0.25) is 0 Å². The molecule has 1 unspecified atom stereocenters. The molecule has 108 valence electrons. The van der Waals surface area contributed by atoms with Crippen LogP contribution >= 0.6 is 15.9 Å². The summed E-state index contributed by atoms with van der Waals surface area (Å²) >= 11 is 3.38. The summed E-state index contributed by atoms with van der Waals surface area (Å²) < 4.78 is 8.42. The Morgan fingerprint density at radius 3 is 3.05 bits per heavy atom. The molecule has 6 heteroatoms. The first-order chi connectivity index (χ1) is 9.65. The lowest BCUT2D eigenvalue weighted by atomic mass is 10.3. The van der Waals surface area contributed by atoms with Gasteiger partial charge in [-0.15, -0.1) is 0 Å². The van der Waals surface area contributed by atoms with Crippen LogP contribution in [0.2, 0.25) is 0 Å². The van der Waals surface area contributed by atoms with E-state index in [1.165, 1.54) is 0 Å². The van der Waals surface area contributed by atoms with Crippen molar-refractivity contribution < 1.29 is 9.84 Å². The number of imidazole rings is 1. The summed E-state index contributed by atoms with van der Waals surface area (Å²) in [4.78, 5) is 4.20. The van der Waals surface area contributed by atoms with Gasteiger partial charge in [0.1, 0.15) is 24.3 Å². The number of aliphatic hydroxyl groups is 1. The first-order valence-corrected chi connectivity index (χ1v) is 7.18. The quantitative estimate of drug-likeness (QED) is 0.806. The van der Waals surface area contributed by atoms with Crippen LogP contribution in [0.3, 0.4) is 0 Å². The van der Waals surface area contributed by atoms with Crippen LogP contribution in [0.5, 0.6) is 5.75 Å². The van der Waals surface area contributed by atoms with Crippen molar-refractivity contribution in [2.45, 2.75) is 12.6 Å². The molecule has 1 heterocycles. The van der Waals surface area contributed by atoms with Gasteiger partial charge in [0.15, 0.2) is 0 Å². The van der Waals surface area contributed by atoms with Gasteiger partial charge in [0.25, 0.3) is 0 Å². The van der Waals surface area contributed by atoms with E-state index < -0.39 is 6.10 Å². The molecule has 2 N–H and O–H groups in total. The minimum atomic E-state index is -0.561. The summed E-state index contributed by atoms with van der Waals surface area (Å²) in [6.45, 7) is 1.34. The smallest absolute Gasteiger partial charge is 0.122 e. The van der Waals surface area contributed by atoms with Gasteiger partial charge >= 0.3 is 0 Å². The normalized spacial score (nSPS) is 12.3. The van der Waals surface area contributed by atoms with Crippen LogP contribution in [0.25, 0.3) is 0 Å². The molecule has 20 heavy (non-hydrogen) atoms. The number of hydrogen-bond acceptors (Lipinski definition) is 4. The Labute approximate surface area is 126 Å². The van der Waals surface area contributed by atoms with E-state index >= 15 is 0 Å². The van der Waals surface area contributed by atoms with Gasteiger partial charge in [-0.05, 0) is 18.2 Å². The molecule has 0 saturated heterocycles. The minimum Gasteiger partial charge on any atom is -0.491 e. The largest absolute Gasteiger partial charge is 0.491 e. The Morgan fingerprint density at radius 1 is 1.50 bits per heavy atom. The lowest BCUT2D eigenvalue weighted by molar-refractivity contribution is 0.106. The van der Waals surface area contributed by atoms with Crippen LogP contribution in [0, 0.1) is 0 Å². The molecule has 0 fully saturated rings. The van der Waals surface area contributed by atoms with E-state index in [1.807, 2.05) is 42.1 Å². The molecule has 1 aromatic heterocycles. The van der Waals surface area contributed by atoms with Crippen LogP contribution < -0.4 is 10.1 Å². The Kier molecular flexibility index (Phi) is 5.58. The number of nitrogens with one attached hydrogen (secondary N) is 1. The molecule has 0 bridgehead atoms. The van der Waals surface area contributed by atoms with Crippen molar-refractivity contribution in [1.82, 2.24) is 14.9 Å². The van der Waals surface area contributed by atoms with Crippen molar-refractivity contribution in [3.63, 3.8) is 0 Å². The summed E-state index contributed by atoms with van der Waals surface area (Å²) in [5.41, 5.74) is 0. The van der Waals surface area contributed by atoms with Gasteiger partial charge in [0.05, 0.1) is 6.54 Å². The molecular weight excluding hydrogens is 322 g/mol. The van der Waals surface area contributed by atoms with Crippen LogP contribution in [0.15, 0.2) is 41.1 Å². The highest BCUT2D eigenvalue weighted by Crippen LogP contribution is 2.17. The molecule has 0 aliphatic heterocycles. The van der Waals surface area contributed by atoms with Crippen LogP contribution in [0.1, 0.15) is 5.82 Å². The number of halogens is 1. The third-order valence-electron chi connectivity index (χ3n) is 2.82. The highest BCUT2D eigenvalue weighted by atomic mass is 79.9. The van der Waals surface area contributed by atoms with E-state index in [1.54, 1.807) is 6.20 Å². The highest BCUT2D eigenvalue weighted by molar-refractivity contribution is 9.10. The maximum Gasteiger partial charge on any atom is 0.122 e. The van der Waals surface area contributed by atoms with Gasteiger partial charge in [-0.25, -0.2) is 4.98 Å². The number of benzene rings is 1. The molecule has 0 radical (unpaired) electrons. The van der Waals surface area contributed by atoms with Crippen LogP contribution in [0.4, 0.5) is 0 Å². The molecule has 0 amide bonds. The zero-order valence-corrected chi connectivity index (χ0v) is 12.9. The maximum absolute atomic E-state index is 9.85. The molecule has 0 spiro atoms. The minimum absolute atomic E-state index is 0.254.